The number of carbonyl (C=O) groups excluding carboxylic acids is 2. The molecular weight excluding hydrogens is 476 g/mol. The van der Waals surface area contributed by atoms with Crippen LogP contribution in [0.25, 0.3) is 0 Å². The number of aliphatic hydroxyl groups is 4. The van der Waals surface area contributed by atoms with Crippen molar-refractivity contribution in [1.82, 2.24) is 10.6 Å². The number of alkyl carbamates (subject to hydrolysis) is 1. The summed E-state index contributed by atoms with van der Waals surface area (Å²) in [4.78, 5) is 36.0. The van der Waals surface area contributed by atoms with Crippen molar-refractivity contribution in [3.05, 3.63) is 0 Å². The minimum atomic E-state index is -2.39. The van der Waals surface area contributed by atoms with Crippen LogP contribution >= 0.6 is 0 Å². The number of aliphatic hydroxyl groups excluding tert-OH is 4. The normalized spacial score (nSPS) is 26.1. The third kappa shape index (κ3) is 9.81. The summed E-state index contributed by atoms with van der Waals surface area (Å²) in [5.74, 6) is -4.82. The molecule has 35 heavy (non-hydrogen) atoms. The number of carboxylic acid groups (broad SMARTS) is 1. The number of rotatable bonds is 15. The molecule has 1 heterocycles. The Bertz CT molecular complexity index is 679. The number of methoxy groups -OCH3 is 1. The van der Waals surface area contributed by atoms with Crippen LogP contribution in [0.1, 0.15) is 20.3 Å². The predicted octanol–water partition coefficient (Wildman–Crippen LogP) is -3.07. The van der Waals surface area contributed by atoms with Crippen LogP contribution in [-0.4, -0.2) is 133 Å². The maximum absolute atomic E-state index is 12.4. The van der Waals surface area contributed by atoms with Crippen LogP contribution < -0.4 is 10.6 Å². The summed E-state index contributed by atoms with van der Waals surface area (Å²) in [5.41, 5.74) is 0. The number of hydrogen-bond donors (Lipinski definition) is 7. The van der Waals surface area contributed by atoms with Gasteiger partial charge in [-0.25, -0.2) is 9.59 Å². The minimum Gasteiger partial charge on any atom is -0.477 e. The molecular formula is C20H36N2O13. The zero-order valence-electron chi connectivity index (χ0n) is 19.9. The molecule has 15 nitrogen and oxygen atoms in total. The van der Waals surface area contributed by atoms with Crippen LogP contribution in [0.2, 0.25) is 0 Å². The van der Waals surface area contributed by atoms with Gasteiger partial charge in [0.05, 0.1) is 44.7 Å². The fourth-order valence-corrected chi connectivity index (χ4v) is 3.27. The number of hydrogen-bond acceptors (Lipinski definition) is 12. The van der Waals surface area contributed by atoms with E-state index >= 15 is 0 Å². The molecule has 6 atom stereocenters. The summed E-state index contributed by atoms with van der Waals surface area (Å²) in [6, 6.07) is -1.42. The van der Waals surface area contributed by atoms with Gasteiger partial charge < -0.3 is 59.9 Å². The van der Waals surface area contributed by atoms with Gasteiger partial charge in [0.15, 0.2) is 0 Å². The molecule has 1 saturated heterocycles. The molecule has 0 saturated carbocycles. The highest BCUT2D eigenvalue weighted by Gasteiger charge is 2.56. The van der Waals surface area contributed by atoms with Gasteiger partial charge in [-0.2, -0.15) is 0 Å². The molecule has 0 radical (unpaired) electrons. The summed E-state index contributed by atoms with van der Waals surface area (Å²) in [6.45, 7) is 2.29. The summed E-state index contributed by atoms with van der Waals surface area (Å²) >= 11 is 0. The van der Waals surface area contributed by atoms with Gasteiger partial charge in [0.1, 0.15) is 31.5 Å². The molecule has 204 valence electrons. The molecule has 0 aliphatic carbocycles. The first kappa shape index (κ1) is 30.9. The van der Waals surface area contributed by atoms with E-state index in [1.807, 2.05) is 0 Å². The van der Waals surface area contributed by atoms with Gasteiger partial charge in [-0.05, 0) is 13.8 Å². The van der Waals surface area contributed by atoms with E-state index in [1.54, 1.807) is 0 Å². The largest absolute Gasteiger partial charge is 0.477 e. The number of nitrogens with one attached hydrogen (secondary N) is 2. The number of aliphatic carboxylic acids is 1. The van der Waals surface area contributed by atoms with E-state index in [9.17, 15) is 39.9 Å². The van der Waals surface area contributed by atoms with Gasteiger partial charge in [0, 0.05) is 13.5 Å². The SMILES string of the molecule is COCCOCCOC(=O)NCC(=O)N[C@@H]1C(O)C[C@](OC(C)C)(C(=O)O)OC1[C@H](O)[C@H](O)CO. The lowest BCUT2D eigenvalue weighted by molar-refractivity contribution is -0.319. The average Bonchev–Trinajstić information content (AvgIpc) is 2.79. The van der Waals surface area contributed by atoms with Gasteiger partial charge in [0.25, 0.3) is 5.79 Å². The molecule has 15 heteroatoms. The number of carboxylic acids is 1. The Morgan fingerprint density at radius 1 is 1.14 bits per heavy atom. The standard InChI is InChI=1S/C20H36N2O13/c1-11(2)34-20(18(28)29)8-12(24)15(17(35-20)16(27)13(25)10-23)22-14(26)9-21-19(30)33-7-6-32-5-4-31-3/h11-13,15-17,23-25,27H,4-10H2,1-3H3,(H,21,30)(H,22,26)(H,28,29)/t12?,13-,15-,16-,17?,20-/m1/s1. The lowest BCUT2D eigenvalue weighted by Crippen LogP contribution is -2.68. The van der Waals surface area contributed by atoms with E-state index in [4.69, 9.17) is 23.7 Å². The topological polar surface area (TPSA) is 223 Å². The van der Waals surface area contributed by atoms with Crippen molar-refractivity contribution in [3.8, 4) is 0 Å². The van der Waals surface area contributed by atoms with Gasteiger partial charge in [-0.15, -0.1) is 0 Å². The van der Waals surface area contributed by atoms with E-state index in [1.165, 1.54) is 21.0 Å². The zero-order valence-corrected chi connectivity index (χ0v) is 19.9. The van der Waals surface area contributed by atoms with E-state index in [2.05, 4.69) is 10.6 Å². The van der Waals surface area contributed by atoms with Gasteiger partial charge in [-0.1, -0.05) is 0 Å². The fraction of sp³-hybridized carbons (Fsp3) is 0.850. The molecule has 1 fully saturated rings. The van der Waals surface area contributed by atoms with Gasteiger partial charge in [-0.3, -0.25) is 4.79 Å². The Morgan fingerprint density at radius 2 is 1.80 bits per heavy atom. The lowest BCUT2D eigenvalue weighted by atomic mass is 9.88. The summed E-state index contributed by atoms with van der Waals surface area (Å²) in [7, 11) is 1.51. The maximum Gasteiger partial charge on any atom is 0.407 e. The van der Waals surface area contributed by atoms with Gasteiger partial charge >= 0.3 is 12.1 Å². The van der Waals surface area contributed by atoms with Crippen LogP contribution in [0.15, 0.2) is 0 Å². The first-order chi connectivity index (χ1) is 16.5. The zero-order chi connectivity index (χ0) is 26.6. The highest BCUT2D eigenvalue weighted by molar-refractivity contribution is 5.82. The Morgan fingerprint density at radius 3 is 2.37 bits per heavy atom. The molecule has 1 aliphatic rings. The van der Waals surface area contributed by atoms with Crippen LogP contribution in [0.3, 0.4) is 0 Å². The molecule has 0 aromatic rings. The average molecular weight is 513 g/mol. The van der Waals surface area contributed by atoms with E-state index < -0.39 is 79.9 Å². The molecule has 0 bridgehead atoms. The molecule has 2 amide bonds. The van der Waals surface area contributed by atoms with Crippen molar-refractivity contribution in [2.24, 2.45) is 0 Å². The third-order valence-electron chi connectivity index (χ3n) is 4.86. The summed E-state index contributed by atoms with van der Waals surface area (Å²) < 4.78 is 25.6. The lowest BCUT2D eigenvalue weighted by Gasteiger charge is -2.47. The molecule has 7 N–H and O–H groups in total. The number of ether oxygens (including phenoxy) is 5. The Kier molecular flexibility index (Phi) is 13.3. The molecule has 2 unspecified atom stereocenters. The number of amides is 2. The summed E-state index contributed by atoms with van der Waals surface area (Å²) in [5, 5.41) is 54.3. The van der Waals surface area contributed by atoms with Crippen LogP contribution in [0, 0.1) is 0 Å². The Labute approximate surface area is 202 Å². The van der Waals surface area contributed by atoms with Crippen molar-refractivity contribution in [3.63, 3.8) is 0 Å². The Hall–Kier alpha value is -2.11. The summed E-state index contributed by atoms with van der Waals surface area (Å²) in [6.07, 6.45) is -9.20. The second-order valence-electron chi connectivity index (χ2n) is 8.01. The smallest absolute Gasteiger partial charge is 0.407 e. The predicted molar refractivity (Wildman–Crippen MR) is 115 cm³/mol. The van der Waals surface area contributed by atoms with Gasteiger partial charge in [0.2, 0.25) is 5.91 Å². The van der Waals surface area contributed by atoms with Crippen molar-refractivity contribution in [1.29, 1.82) is 0 Å². The fourth-order valence-electron chi connectivity index (χ4n) is 3.27. The van der Waals surface area contributed by atoms with Crippen LogP contribution in [-0.2, 0) is 33.3 Å². The number of carbonyl (C=O) groups is 3. The van der Waals surface area contributed by atoms with Crippen molar-refractivity contribution in [2.45, 2.75) is 62.6 Å². The molecule has 1 aliphatic heterocycles. The maximum atomic E-state index is 12.4. The van der Waals surface area contributed by atoms with E-state index in [0.29, 0.717) is 13.2 Å². The first-order valence-electron chi connectivity index (χ1n) is 11.0. The van der Waals surface area contributed by atoms with Crippen molar-refractivity contribution >= 4 is 18.0 Å². The van der Waals surface area contributed by atoms with Crippen LogP contribution in [0.4, 0.5) is 4.79 Å². The molecule has 1 rings (SSSR count). The van der Waals surface area contributed by atoms with E-state index in [-0.39, 0.29) is 13.2 Å². The van der Waals surface area contributed by atoms with Crippen molar-refractivity contribution in [2.75, 3.05) is 46.7 Å². The van der Waals surface area contributed by atoms with Crippen molar-refractivity contribution < 1.29 is 63.6 Å². The second kappa shape index (κ2) is 15.1. The Balaban J connectivity index is 2.79. The van der Waals surface area contributed by atoms with Crippen LogP contribution in [0.5, 0.6) is 0 Å². The first-order valence-corrected chi connectivity index (χ1v) is 11.0. The monoisotopic (exact) mass is 512 g/mol. The molecule has 0 aromatic carbocycles. The molecule has 0 aromatic heterocycles. The third-order valence-corrected chi connectivity index (χ3v) is 4.86. The highest BCUT2D eigenvalue weighted by Crippen LogP contribution is 2.34. The minimum absolute atomic E-state index is 0.0766. The van der Waals surface area contributed by atoms with E-state index in [0.717, 1.165) is 0 Å². The second-order valence-corrected chi connectivity index (χ2v) is 8.01. The highest BCUT2D eigenvalue weighted by atomic mass is 16.7. The molecule has 0 spiro atoms. The quantitative estimate of drug-likeness (QED) is 0.108.